The predicted molar refractivity (Wildman–Crippen MR) is 84.9 cm³/mol. The third-order valence-electron chi connectivity index (χ3n) is 3.31. The number of halogens is 3. The number of methoxy groups -OCH3 is 1. The molecule has 2 amide bonds. The number of carbonyl (C=O) groups is 2. The van der Waals surface area contributed by atoms with Crippen molar-refractivity contribution >= 4 is 17.5 Å². The first kappa shape index (κ1) is 18.3. The summed E-state index contributed by atoms with van der Waals surface area (Å²) in [6.45, 7) is 0.0727. The highest BCUT2D eigenvalue weighted by atomic mass is 19.4. The van der Waals surface area contributed by atoms with E-state index in [1.165, 1.54) is 7.11 Å². The molecule has 2 aromatic rings. The van der Waals surface area contributed by atoms with Crippen molar-refractivity contribution in [3.8, 4) is 5.75 Å². The number of hydrogen-bond acceptors (Lipinski definition) is 3. The zero-order valence-corrected chi connectivity index (χ0v) is 13.2. The van der Waals surface area contributed by atoms with E-state index in [-0.39, 0.29) is 12.2 Å². The average molecular weight is 352 g/mol. The molecule has 0 atom stereocenters. The van der Waals surface area contributed by atoms with Crippen molar-refractivity contribution in [2.45, 2.75) is 12.7 Å². The number of hydrogen-bond donors (Lipinski definition) is 2. The highest BCUT2D eigenvalue weighted by Gasteiger charge is 2.30. The number of nitrogens with one attached hydrogen (secondary N) is 2. The number of ether oxygens (including phenoxy) is 1. The fourth-order valence-electron chi connectivity index (χ4n) is 2.04. The van der Waals surface area contributed by atoms with E-state index in [1.807, 2.05) is 0 Å². The fraction of sp³-hybridized carbons (Fsp3) is 0.176. The Balaban J connectivity index is 1.93. The third-order valence-corrected chi connectivity index (χ3v) is 3.31. The van der Waals surface area contributed by atoms with Gasteiger partial charge >= 0.3 is 18.0 Å². The summed E-state index contributed by atoms with van der Waals surface area (Å²) in [7, 11) is 1.48. The van der Waals surface area contributed by atoms with E-state index >= 15 is 0 Å². The molecule has 0 aliphatic carbocycles. The first-order valence-electron chi connectivity index (χ1n) is 7.19. The van der Waals surface area contributed by atoms with E-state index in [0.29, 0.717) is 11.3 Å². The summed E-state index contributed by atoms with van der Waals surface area (Å²) in [6.07, 6.45) is -4.46. The molecule has 0 bridgehead atoms. The predicted octanol–water partition coefficient (Wildman–Crippen LogP) is 2.97. The van der Waals surface area contributed by atoms with Gasteiger partial charge in [0, 0.05) is 17.8 Å². The second kappa shape index (κ2) is 7.69. The van der Waals surface area contributed by atoms with E-state index in [2.05, 4.69) is 10.6 Å². The number of alkyl halides is 3. The molecule has 0 aromatic heterocycles. The quantitative estimate of drug-likeness (QED) is 0.832. The first-order valence-corrected chi connectivity index (χ1v) is 7.19. The lowest BCUT2D eigenvalue weighted by molar-refractivity contribution is -0.137. The van der Waals surface area contributed by atoms with Gasteiger partial charge in [-0.3, -0.25) is 9.59 Å². The minimum Gasteiger partial charge on any atom is -0.496 e. The van der Waals surface area contributed by atoms with Gasteiger partial charge in [0.25, 0.3) is 0 Å². The second-order valence-electron chi connectivity index (χ2n) is 5.02. The maximum atomic E-state index is 12.5. The molecule has 0 saturated heterocycles. The maximum Gasteiger partial charge on any atom is 0.416 e. The van der Waals surface area contributed by atoms with Gasteiger partial charge in [-0.15, -0.1) is 0 Å². The largest absolute Gasteiger partial charge is 0.496 e. The summed E-state index contributed by atoms with van der Waals surface area (Å²) in [5, 5.41) is 4.65. The summed E-state index contributed by atoms with van der Waals surface area (Å²) in [5.74, 6) is -1.33. The lowest BCUT2D eigenvalue weighted by atomic mass is 10.2. The molecule has 2 aromatic carbocycles. The fourth-order valence-corrected chi connectivity index (χ4v) is 2.04. The zero-order valence-electron chi connectivity index (χ0n) is 13.2. The molecule has 0 heterocycles. The van der Waals surface area contributed by atoms with Crippen LogP contribution in [-0.2, 0) is 22.3 Å². The monoisotopic (exact) mass is 352 g/mol. The Labute approximate surface area is 141 Å². The van der Waals surface area contributed by atoms with Gasteiger partial charge in [-0.25, -0.2) is 0 Å². The summed E-state index contributed by atoms with van der Waals surface area (Å²) in [4.78, 5) is 23.6. The van der Waals surface area contributed by atoms with Crippen molar-refractivity contribution in [1.29, 1.82) is 0 Å². The third kappa shape index (κ3) is 4.97. The van der Waals surface area contributed by atoms with Gasteiger partial charge in [0.1, 0.15) is 5.75 Å². The molecule has 2 N–H and O–H groups in total. The van der Waals surface area contributed by atoms with Crippen LogP contribution >= 0.6 is 0 Å². The number of carbonyl (C=O) groups excluding carboxylic acids is 2. The zero-order chi connectivity index (χ0) is 18.4. The van der Waals surface area contributed by atoms with Crippen LogP contribution in [0.4, 0.5) is 18.9 Å². The molecule has 25 heavy (non-hydrogen) atoms. The Morgan fingerprint density at radius 3 is 2.24 bits per heavy atom. The molecule has 8 heteroatoms. The lowest BCUT2D eigenvalue weighted by Crippen LogP contribution is -2.35. The van der Waals surface area contributed by atoms with Crippen LogP contribution in [0, 0.1) is 0 Å². The van der Waals surface area contributed by atoms with Crippen molar-refractivity contribution in [2.24, 2.45) is 0 Å². The molecule has 132 valence electrons. The molecule has 2 rings (SSSR count). The topological polar surface area (TPSA) is 67.4 Å². The van der Waals surface area contributed by atoms with Crippen molar-refractivity contribution in [2.75, 3.05) is 12.4 Å². The standard InChI is InChI=1S/C17H15F3N2O3/c1-25-14-5-3-2-4-11(14)10-21-15(23)16(24)22-13-8-6-12(7-9-13)17(18,19)20/h2-9H,10H2,1H3,(H,21,23)(H,22,24). The van der Waals surface area contributed by atoms with Gasteiger partial charge in [-0.2, -0.15) is 13.2 Å². The number of benzene rings is 2. The van der Waals surface area contributed by atoms with Gasteiger partial charge in [0.2, 0.25) is 0 Å². The maximum absolute atomic E-state index is 12.5. The number of anilines is 1. The molecule has 5 nitrogen and oxygen atoms in total. The van der Waals surface area contributed by atoms with Crippen LogP contribution in [0.15, 0.2) is 48.5 Å². The van der Waals surface area contributed by atoms with E-state index in [9.17, 15) is 22.8 Å². The average Bonchev–Trinajstić information content (AvgIpc) is 2.59. The Bertz CT molecular complexity index is 758. The molecule has 0 aliphatic rings. The molecule has 0 unspecified atom stereocenters. The van der Waals surface area contributed by atoms with Crippen molar-refractivity contribution in [3.63, 3.8) is 0 Å². The minimum atomic E-state index is -4.46. The van der Waals surface area contributed by atoms with Crippen molar-refractivity contribution in [3.05, 3.63) is 59.7 Å². The van der Waals surface area contributed by atoms with E-state index in [4.69, 9.17) is 4.74 Å². The highest BCUT2D eigenvalue weighted by molar-refractivity contribution is 6.39. The number of amides is 2. The Morgan fingerprint density at radius 2 is 1.64 bits per heavy atom. The van der Waals surface area contributed by atoms with Gasteiger partial charge in [0.15, 0.2) is 0 Å². The van der Waals surface area contributed by atoms with Crippen LogP contribution in [0.2, 0.25) is 0 Å². The first-order chi connectivity index (χ1) is 11.8. The smallest absolute Gasteiger partial charge is 0.416 e. The Kier molecular flexibility index (Phi) is 5.63. The molecular formula is C17H15F3N2O3. The van der Waals surface area contributed by atoms with E-state index in [1.54, 1.807) is 24.3 Å². The van der Waals surface area contributed by atoms with Gasteiger partial charge in [-0.1, -0.05) is 18.2 Å². The summed E-state index contributed by atoms with van der Waals surface area (Å²) in [5.41, 5.74) is -0.0720. The Hall–Kier alpha value is -3.03. The normalized spacial score (nSPS) is 10.9. The molecule has 0 fully saturated rings. The number of para-hydroxylation sites is 1. The van der Waals surface area contributed by atoms with Crippen LogP contribution in [0.3, 0.4) is 0 Å². The van der Waals surface area contributed by atoms with Crippen LogP contribution < -0.4 is 15.4 Å². The van der Waals surface area contributed by atoms with Crippen LogP contribution in [0.5, 0.6) is 5.75 Å². The Morgan fingerprint density at radius 1 is 1.00 bits per heavy atom. The SMILES string of the molecule is COc1ccccc1CNC(=O)C(=O)Nc1ccc(C(F)(F)F)cc1. The minimum absolute atomic E-state index is 0.0727. The molecule has 0 aliphatic heterocycles. The number of rotatable bonds is 4. The van der Waals surface area contributed by atoms with Crippen LogP contribution in [-0.4, -0.2) is 18.9 Å². The van der Waals surface area contributed by atoms with E-state index in [0.717, 1.165) is 24.3 Å². The van der Waals surface area contributed by atoms with Gasteiger partial charge in [-0.05, 0) is 30.3 Å². The van der Waals surface area contributed by atoms with Gasteiger partial charge in [0.05, 0.1) is 12.7 Å². The summed E-state index contributed by atoms with van der Waals surface area (Å²) in [6, 6.07) is 10.8. The summed E-state index contributed by atoms with van der Waals surface area (Å²) < 4.78 is 42.5. The van der Waals surface area contributed by atoms with Gasteiger partial charge < -0.3 is 15.4 Å². The van der Waals surface area contributed by atoms with Crippen LogP contribution in [0.25, 0.3) is 0 Å². The molecule has 0 radical (unpaired) electrons. The van der Waals surface area contributed by atoms with Crippen LogP contribution in [0.1, 0.15) is 11.1 Å². The molecule has 0 spiro atoms. The molecular weight excluding hydrogens is 337 g/mol. The van der Waals surface area contributed by atoms with Crippen molar-refractivity contribution < 1.29 is 27.5 Å². The molecule has 0 saturated carbocycles. The lowest BCUT2D eigenvalue weighted by Gasteiger charge is -2.10. The van der Waals surface area contributed by atoms with Crippen molar-refractivity contribution in [1.82, 2.24) is 5.32 Å². The van der Waals surface area contributed by atoms with E-state index < -0.39 is 23.6 Å². The summed E-state index contributed by atoms with van der Waals surface area (Å²) >= 11 is 0. The second-order valence-corrected chi connectivity index (χ2v) is 5.02. The highest BCUT2D eigenvalue weighted by Crippen LogP contribution is 2.29.